The normalized spacial score (nSPS) is 17.8. The fourth-order valence-electron chi connectivity index (χ4n) is 3.37. The van der Waals surface area contributed by atoms with Crippen LogP contribution < -0.4 is 5.32 Å². The predicted molar refractivity (Wildman–Crippen MR) is 102 cm³/mol. The molecule has 1 N–H and O–H groups in total. The zero-order valence-electron chi connectivity index (χ0n) is 15.5. The molecule has 1 fully saturated rings. The summed E-state index contributed by atoms with van der Waals surface area (Å²) in [6, 6.07) is 12.7. The lowest BCUT2D eigenvalue weighted by Crippen LogP contribution is -2.49. The number of amides is 2. The highest BCUT2D eigenvalue weighted by Crippen LogP contribution is 2.30. The first-order valence-corrected chi connectivity index (χ1v) is 9.33. The number of rotatable bonds is 5. The topological polar surface area (TPSA) is 71.5 Å². The van der Waals surface area contributed by atoms with E-state index in [1.54, 1.807) is 13.1 Å². The van der Waals surface area contributed by atoms with E-state index in [2.05, 4.69) is 10.3 Å². The second-order valence-electron chi connectivity index (χ2n) is 6.76. The third-order valence-corrected chi connectivity index (χ3v) is 4.77. The molecule has 6 nitrogen and oxygen atoms in total. The van der Waals surface area contributed by atoms with Crippen molar-refractivity contribution in [3.05, 3.63) is 66.0 Å². The highest BCUT2D eigenvalue weighted by Gasteiger charge is 2.31. The average molecular weight is 367 g/mol. The smallest absolute Gasteiger partial charge is 0.408 e. The molecular weight excluding hydrogens is 342 g/mol. The number of ether oxygens (including phenoxy) is 1. The summed E-state index contributed by atoms with van der Waals surface area (Å²) in [5.41, 5.74) is 1.93. The molecule has 6 heteroatoms. The number of carbonyl (C=O) groups excluding carboxylic acids is 2. The second kappa shape index (κ2) is 9.16. The Morgan fingerprint density at radius 3 is 2.78 bits per heavy atom. The van der Waals surface area contributed by atoms with Crippen molar-refractivity contribution in [2.24, 2.45) is 0 Å². The number of hydrogen-bond acceptors (Lipinski definition) is 4. The molecule has 142 valence electrons. The van der Waals surface area contributed by atoms with Crippen molar-refractivity contribution in [2.75, 3.05) is 6.54 Å². The van der Waals surface area contributed by atoms with Crippen molar-refractivity contribution in [1.82, 2.24) is 15.2 Å². The van der Waals surface area contributed by atoms with Crippen LogP contribution in [0.1, 0.15) is 43.4 Å². The van der Waals surface area contributed by atoms with Crippen LogP contribution in [0.25, 0.3) is 0 Å². The lowest BCUT2D eigenvalue weighted by atomic mass is 9.95. The summed E-state index contributed by atoms with van der Waals surface area (Å²) < 4.78 is 5.22. The Kier molecular flexibility index (Phi) is 6.41. The summed E-state index contributed by atoms with van der Waals surface area (Å²) in [4.78, 5) is 31.0. The van der Waals surface area contributed by atoms with Crippen molar-refractivity contribution in [2.45, 2.75) is 44.9 Å². The van der Waals surface area contributed by atoms with Gasteiger partial charge in [-0.15, -0.1) is 0 Å². The molecule has 0 aliphatic carbocycles. The van der Waals surface area contributed by atoms with E-state index in [4.69, 9.17) is 4.74 Å². The van der Waals surface area contributed by atoms with Gasteiger partial charge in [0.2, 0.25) is 5.91 Å². The summed E-state index contributed by atoms with van der Waals surface area (Å²) >= 11 is 0. The standard InChI is InChI=1S/C21H25N3O3/c1-16(23-21(26)27-15-17-8-3-2-4-9-17)20(25)24-13-6-5-11-19(24)18-10-7-12-22-14-18/h2-4,7-10,12,14,16,19H,5-6,11,13,15H2,1H3,(H,23,26)/t16-,19?/m0/s1. The zero-order chi connectivity index (χ0) is 19.1. The van der Waals surface area contributed by atoms with Gasteiger partial charge in [0.25, 0.3) is 0 Å². The Labute approximate surface area is 159 Å². The number of alkyl carbamates (subject to hydrolysis) is 1. The van der Waals surface area contributed by atoms with Crippen LogP contribution >= 0.6 is 0 Å². The van der Waals surface area contributed by atoms with E-state index < -0.39 is 12.1 Å². The van der Waals surface area contributed by atoms with E-state index in [1.165, 1.54) is 0 Å². The molecule has 0 bridgehead atoms. The third kappa shape index (κ3) is 5.06. The molecule has 1 unspecified atom stereocenters. The summed E-state index contributed by atoms with van der Waals surface area (Å²) in [5.74, 6) is -0.0970. The van der Waals surface area contributed by atoms with Crippen LogP contribution in [0.15, 0.2) is 54.9 Å². The molecule has 0 saturated carbocycles. The summed E-state index contributed by atoms with van der Waals surface area (Å²) in [6.07, 6.45) is 5.89. The van der Waals surface area contributed by atoms with Crippen LogP contribution in [0, 0.1) is 0 Å². The van der Waals surface area contributed by atoms with Gasteiger partial charge in [0.05, 0.1) is 6.04 Å². The molecule has 1 aliphatic rings. The van der Waals surface area contributed by atoms with Gasteiger partial charge in [-0.1, -0.05) is 36.4 Å². The molecule has 1 aromatic carbocycles. The maximum Gasteiger partial charge on any atom is 0.408 e. The van der Waals surface area contributed by atoms with Gasteiger partial charge in [0.1, 0.15) is 12.6 Å². The minimum Gasteiger partial charge on any atom is -0.445 e. The van der Waals surface area contributed by atoms with Gasteiger partial charge in [-0.2, -0.15) is 0 Å². The molecule has 1 aliphatic heterocycles. The number of nitrogens with one attached hydrogen (secondary N) is 1. The first-order valence-electron chi connectivity index (χ1n) is 9.33. The fourth-order valence-corrected chi connectivity index (χ4v) is 3.37. The largest absolute Gasteiger partial charge is 0.445 e. The lowest BCUT2D eigenvalue weighted by Gasteiger charge is -2.37. The minimum absolute atomic E-state index is 0.00420. The third-order valence-electron chi connectivity index (χ3n) is 4.77. The predicted octanol–water partition coefficient (Wildman–Crippen LogP) is 3.45. The Morgan fingerprint density at radius 1 is 1.22 bits per heavy atom. The quantitative estimate of drug-likeness (QED) is 0.879. The maximum atomic E-state index is 12.9. The van der Waals surface area contributed by atoms with Crippen molar-refractivity contribution < 1.29 is 14.3 Å². The number of pyridine rings is 1. The van der Waals surface area contributed by atoms with Gasteiger partial charge < -0.3 is 15.0 Å². The highest BCUT2D eigenvalue weighted by atomic mass is 16.5. The van der Waals surface area contributed by atoms with Crippen molar-refractivity contribution >= 4 is 12.0 Å². The number of piperidine rings is 1. The number of carbonyl (C=O) groups is 2. The minimum atomic E-state index is -0.648. The van der Waals surface area contributed by atoms with Crippen LogP contribution in [-0.2, 0) is 16.1 Å². The Morgan fingerprint density at radius 2 is 2.04 bits per heavy atom. The van der Waals surface area contributed by atoms with E-state index in [-0.39, 0.29) is 18.6 Å². The molecular formula is C21H25N3O3. The first kappa shape index (κ1) is 18.9. The van der Waals surface area contributed by atoms with E-state index in [9.17, 15) is 9.59 Å². The van der Waals surface area contributed by atoms with Crippen LogP contribution in [0.3, 0.4) is 0 Å². The molecule has 2 heterocycles. The van der Waals surface area contributed by atoms with Crippen molar-refractivity contribution in [3.63, 3.8) is 0 Å². The lowest BCUT2D eigenvalue weighted by molar-refractivity contribution is -0.136. The summed E-state index contributed by atoms with van der Waals surface area (Å²) in [5, 5.41) is 2.65. The summed E-state index contributed by atoms with van der Waals surface area (Å²) in [6.45, 7) is 2.56. The van der Waals surface area contributed by atoms with Gasteiger partial charge >= 0.3 is 6.09 Å². The molecule has 0 radical (unpaired) electrons. The van der Waals surface area contributed by atoms with Gasteiger partial charge in [0.15, 0.2) is 0 Å². The van der Waals surface area contributed by atoms with Gasteiger partial charge in [-0.3, -0.25) is 9.78 Å². The van der Waals surface area contributed by atoms with Crippen LogP contribution in [0.2, 0.25) is 0 Å². The van der Waals surface area contributed by atoms with Crippen LogP contribution in [0.4, 0.5) is 4.79 Å². The monoisotopic (exact) mass is 367 g/mol. The summed E-state index contributed by atoms with van der Waals surface area (Å²) in [7, 11) is 0. The number of hydrogen-bond donors (Lipinski definition) is 1. The van der Waals surface area contributed by atoms with E-state index in [0.29, 0.717) is 6.54 Å². The number of aromatic nitrogens is 1. The average Bonchev–Trinajstić information content (AvgIpc) is 2.73. The zero-order valence-corrected chi connectivity index (χ0v) is 15.5. The van der Waals surface area contributed by atoms with Crippen molar-refractivity contribution in [1.29, 1.82) is 0 Å². The molecule has 1 saturated heterocycles. The highest BCUT2D eigenvalue weighted by molar-refractivity contribution is 5.85. The number of likely N-dealkylation sites (tertiary alicyclic amines) is 1. The molecule has 27 heavy (non-hydrogen) atoms. The van der Waals surface area contributed by atoms with Gasteiger partial charge in [0, 0.05) is 18.9 Å². The molecule has 1 aromatic heterocycles. The Bertz CT molecular complexity index is 752. The number of nitrogens with zero attached hydrogens (tertiary/aromatic N) is 2. The first-order chi connectivity index (χ1) is 13.1. The molecule has 2 atom stereocenters. The van der Waals surface area contributed by atoms with Crippen molar-refractivity contribution in [3.8, 4) is 0 Å². The molecule has 3 rings (SSSR count). The van der Waals surface area contributed by atoms with Crippen LogP contribution in [0.5, 0.6) is 0 Å². The Balaban J connectivity index is 1.57. The maximum absolute atomic E-state index is 12.9. The molecule has 2 amide bonds. The van der Waals surface area contributed by atoms with Crippen LogP contribution in [-0.4, -0.2) is 34.5 Å². The fraction of sp³-hybridized carbons (Fsp3) is 0.381. The van der Waals surface area contributed by atoms with Gasteiger partial charge in [-0.05, 0) is 43.4 Å². The van der Waals surface area contributed by atoms with Gasteiger partial charge in [-0.25, -0.2) is 4.79 Å². The Hall–Kier alpha value is -2.89. The van der Waals surface area contributed by atoms with E-state index >= 15 is 0 Å². The SMILES string of the molecule is C[C@H](NC(=O)OCc1ccccc1)C(=O)N1CCCCC1c1cccnc1. The van der Waals surface area contributed by atoms with E-state index in [1.807, 2.05) is 53.6 Å². The molecule has 2 aromatic rings. The van der Waals surface area contributed by atoms with E-state index in [0.717, 1.165) is 30.4 Å². The molecule has 0 spiro atoms. The number of benzene rings is 1. The second-order valence-corrected chi connectivity index (χ2v) is 6.76.